The summed E-state index contributed by atoms with van der Waals surface area (Å²) in [5.74, 6) is 0.650. The number of nitrogens with zero attached hydrogens (tertiary/aromatic N) is 3. The zero-order valence-electron chi connectivity index (χ0n) is 17.8. The first-order valence-electron chi connectivity index (χ1n) is 10.8. The molecule has 2 atom stereocenters. The molecule has 2 N–H and O–H groups in total. The van der Waals surface area contributed by atoms with Crippen LogP contribution in [0, 0.1) is 5.92 Å². The summed E-state index contributed by atoms with van der Waals surface area (Å²) in [7, 11) is 0. The summed E-state index contributed by atoms with van der Waals surface area (Å²) in [6.45, 7) is 3.71. The summed E-state index contributed by atoms with van der Waals surface area (Å²) >= 11 is 1.30. The average Bonchev–Trinajstić information content (AvgIpc) is 3.46. The minimum Gasteiger partial charge on any atom is -0.494 e. The third kappa shape index (κ3) is 3.87. The lowest BCUT2D eigenvalue weighted by molar-refractivity contribution is -0.121. The Morgan fingerprint density at radius 2 is 2.03 bits per heavy atom. The number of hydrogen-bond acceptors (Lipinski definition) is 7. The molecular weight excluding hydrogens is 426 g/mol. The Kier molecular flexibility index (Phi) is 5.86. The van der Waals surface area contributed by atoms with Crippen LogP contribution in [0.25, 0.3) is 0 Å². The molecule has 3 heterocycles. The van der Waals surface area contributed by atoms with E-state index in [1.165, 1.54) is 17.3 Å². The first-order chi connectivity index (χ1) is 15.7. The monoisotopic (exact) mass is 451 g/mol. The number of ether oxygens (including phenoxy) is 1. The van der Waals surface area contributed by atoms with Crippen LogP contribution in [0.5, 0.6) is 5.75 Å². The highest BCUT2D eigenvalue weighted by Crippen LogP contribution is 2.32. The zero-order valence-corrected chi connectivity index (χ0v) is 18.6. The first kappa shape index (κ1) is 21.0. The Hall–Kier alpha value is -2.88. The van der Waals surface area contributed by atoms with Crippen LogP contribution in [0.1, 0.15) is 12.5 Å². The van der Waals surface area contributed by atoms with Crippen LogP contribution in [0.2, 0.25) is 0 Å². The molecule has 2 aromatic rings. The van der Waals surface area contributed by atoms with Crippen molar-refractivity contribution in [1.29, 1.82) is 0 Å². The highest BCUT2D eigenvalue weighted by Gasteiger charge is 2.42. The van der Waals surface area contributed by atoms with Gasteiger partial charge in [0.05, 0.1) is 24.0 Å². The van der Waals surface area contributed by atoms with Crippen molar-refractivity contribution in [2.24, 2.45) is 10.9 Å². The van der Waals surface area contributed by atoms with Crippen molar-refractivity contribution in [3.05, 3.63) is 54.1 Å². The Labute approximate surface area is 191 Å². The lowest BCUT2D eigenvalue weighted by atomic mass is 10.0. The number of fused-ring (bicyclic) bond motifs is 2. The van der Waals surface area contributed by atoms with Crippen LogP contribution in [-0.4, -0.2) is 48.6 Å². The molecule has 2 amide bonds. The van der Waals surface area contributed by atoms with E-state index in [1.54, 1.807) is 4.90 Å². The van der Waals surface area contributed by atoms with E-state index in [0.29, 0.717) is 30.6 Å². The summed E-state index contributed by atoms with van der Waals surface area (Å²) in [6, 6.07) is 15.4. The maximum Gasteiger partial charge on any atom is 0.241 e. The molecule has 1 fully saturated rings. The van der Waals surface area contributed by atoms with E-state index in [9.17, 15) is 9.59 Å². The number of thioether (sulfide) groups is 1. The molecule has 0 bridgehead atoms. The van der Waals surface area contributed by atoms with Crippen LogP contribution in [0.3, 0.4) is 0 Å². The molecule has 0 aliphatic carbocycles. The normalized spacial score (nSPS) is 21.9. The molecule has 0 saturated carbocycles. The standard InChI is InChI=1S/C23H25N5O3S/c1-2-31-17-9-7-16(8-10-17)28-22(30)18-13-24-26-21(18)25-23(28)32-14-20(29)27-12-11-15-5-3-4-6-19(15)27/h3-10,18,21,24,26H,2,11-14H2,1H3. The molecule has 2 unspecified atom stereocenters. The van der Waals surface area contributed by atoms with Gasteiger partial charge in [-0.15, -0.1) is 0 Å². The van der Waals surface area contributed by atoms with Gasteiger partial charge in [-0.3, -0.25) is 19.9 Å². The molecule has 9 heteroatoms. The summed E-state index contributed by atoms with van der Waals surface area (Å²) in [5, 5.41) is 0.525. The maximum atomic E-state index is 13.3. The van der Waals surface area contributed by atoms with E-state index in [1.807, 2.05) is 54.3 Å². The predicted octanol–water partition coefficient (Wildman–Crippen LogP) is 2.16. The molecule has 1 saturated heterocycles. The molecule has 5 rings (SSSR count). The van der Waals surface area contributed by atoms with E-state index < -0.39 is 0 Å². The van der Waals surface area contributed by atoms with E-state index in [2.05, 4.69) is 16.9 Å². The number of carbonyl (C=O) groups is 2. The summed E-state index contributed by atoms with van der Waals surface area (Å²) < 4.78 is 5.53. The van der Waals surface area contributed by atoms with E-state index in [0.717, 1.165) is 17.9 Å². The van der Waals surface area contributed by atoms with Crippen LogP contribution in [-0.2, 0) is 16.0 Å². The molecule has 0 aromatic heterocycles. The van der Waals surface area contributed by atoms with Crippen molar-refractivity contribution in [3.8, 4) is 5.75 Å². The quantitative estimate of drug-likeness (QED) is 0.725. The number of hydrogen-bond donors (Lipinski definition) is 2. The second-order valence-electron chi connectivity index (χ2n) is 7.80. The second kappa shape index (κ2) is 8.93. The Balaban J connectivity index is 1.36. The number of aliphatic imine (C=N–C) groups is 1. The number of hydrazine groups is 1. The highest BCUT2D eigenvalue weighted by atomic mass is 32.2. The van der Waals surface area contributed by atoms with Gasteiger partial charge in [0, 0.05) is 18.8 Å². The number of anilines is 2. The Morgan fingerprint density at radius 1 is 1.22 bits per heavy atom. The average molecular weight is 452 g/mol. The van der Waals surface area contributed by atoms with Crippen molar-refractivity contribution in [3.63, 3.8) is 0 Å². The van der Waals surface area contributed by atoms with Gasteiger partial charge in [0.15, 0.2) is 5.17 Å². The lowest BCUT2D eigenvalue weighted by Gasteiger charge is -2.32. The fourth-order valence-corrected chi connectivity index (χ4v) is 5.19. The SMILES string of the molecule is CCOc1ccc(N2C(=O)C3CNNC3N=C2SCC(=O)N2CCc3ccccc32)cc1. The molecule has 32 heavy (non-hydrogen) atoms. The van der Waals surface area contributed by atoms with Crippen molar-refractivity contribution in [1.82, 2.24) is 10.9 Å². The maximum absolute atomic E-state index is 13.3. The Bertz CT molecular complexity index is 1060. The molecule has 3 aliphatic rings. The summed E-state index contributed by atoms with van der Waals surface area (Å²) in [6.07, 6.45) is 0.537. The van der Waals surface area contributed by atoms with Gasteiger partial charge in [-0.05, 0) is 49.2 Å². The van der Waals surface area contributed by atoms with Gasteiger partial charge in [-0.1, -0.05) is 30.0 Å². The van der Waals surface area contributed by atoms with E-state index in [4.69, 9.17) is 9.73 Å². The third-order valence-corrected chi connectivity index (χ3v) is 6.79. The van der Waals surface area contributed by atoms with Gasteiger partial charge in [0.25, 0.3) is 0 Å². The predicted molar refractivity (Wildman–Crippen MR) is 126 cm³/mol. The number of carbonyl (C=O) groups excluding carboxylic acids is 2. The van der Waals surface area contributed by atoms with Crippen molar-refractivity contribution >= 4 is 40.1 Å². The van der Waals surface area contributed by atoms with Gasteiger partial charge in [0.1, 0.15) is 11.9 Å². The van der Waals surface area contributed by atoms with Crippen molar-refractivity contribution in [2.75, 3.05) is 35.2 Å². The van der Waals surface area contributed by atoms with Crippen LogP contribution in [0.4, 0.5) is 11.4 Å². The van der Waals surface area contributed by atoms with Crippen molar-refractivity contribution < 1.29 is 14.3 Å². The topological polar surface area (TPSA) is 86.3 Å². The number of nitrogens with one attached hydrogen (secondary N) is 2. The number of amidine groups is 1. The molecular formula is C23H25N5O3S. The number of amides is 2. The minimum atomic E-state index is -0.327. The minimum absolute atomic E-state index is 0.0152. The van der Waals surface area contributed by atoms with Gasteiger partial charge in [-0.25, -0.2) is 10.4 Å². The highest BCUT2D eigenvalue weighted by molar-refractivity contribution is 8.14. The fraction of sp³-hybridized carbons (Fsp3) is 0.348. The van der Waals surface area contributed by atoms with Crippen molar-refractivity contribution in [2.45, 2.75) is 19.5 Å². The number of para-hydroxylation sites is 1. The van der Waals surface area contributed by atoms with Crippen LogP contribution >= 0.6 is 11.8 Å². The van der Waals surface area contributed by atoms with E-state index in [-0.39, 0.29) is 29.7 Å². The van der Waals surface area contributed by atoms with Gasteiger partial charge in [0.2, 0.25) is 11.8 Å². The van der Waals surface area contributed by atoms with Crippen LogP contribution < -0.4 is 25.4 Å². The Morgan fingerprint density at radius 3 is 2.84 bits per heavy atom. The van der Waals surface area contributed by atoms with E-state index >= 15 is 0 Å². The molecule has 0 radical (unpaired) electrons. The third-order valence-electron chi connectivity index (χ3n) is 5.85. The molecule has 166 valence electrons. The molecule has 0 spiro atoms. The van der Waals surface area contributed by atoms with Crippen LogP contribution in [0.15, 0.2) is 53.5 Å². The smallest absolute Gasteiger partial charge is 0.241 e. The largest absolute Gasteiger partial charge is 0.494 e. The first-order valence-corrected chi connectivity index (χ1v) is 11.8. The van der Waals surface area contributed by atoms with Gasteiger partial charge in [-0.2, -0.15) is 0 Å². The molecule has 8 nitrogen and oxygen atoms in total. The van der Waals surface area contributed by atoms with Gasteiger partial charge < -0.3 is 9.64 Å². The molecule has 3 aliphatic heterocycles. The lowest BCUT2D eigenvalue weighted by Crippen LogP contribution is -2.49. The zero-order chi connectivity index (χ0) is 22.1. The fourth-order valence-electron chi connectivity index (χ4n) is 4.27. The number of rotatable bonds is 5. The second-order valence-corrected chi connectivity index (χ2v) is 8.74. The number of benzene rings is 2. The van der Waals surface area contributed by atoms with Gasteiger partial charge >= 0.3 is 0 Å². The molecule has 2 aromatic carbocycles. The summed E-state index contributed by atoms with van der Waals surface area (Å²) in [4.78, 5) is 34.6. The summed E-state index contributed by atoms with van der Waals surface area (Å²) in [5.41, 5.74) is 8.97.